The van der Waals surface area contributed by atoms with Crippen LogP contribution in [0.5, 0.6) is 0 Å². The molecule has 2 aromatic carbocycles. The molecule has 5 nitrogen and oxygen atoms in total. The van der Waals surface area contributed by atoms with Crippen LogP contribution in [0.2, 0.25) is 0 Å². The Morgan fingerprint density at radius 2 is 1.71 bits per heavy atom. The number of carbonyl (C=O) groups excluding carboxylic acids is 2. The molecule has 0 unspecified atom stereocenters. The van der Waals surface area contributed by atoms with E-state index in [-0.39, 0.29) is 18.2 Å². The molecule has 0 atom stereocenters. The fourth-order valence-corrected chi connectivity index (χ4v) is 3.53. The summed E-state index contributed by atoms with van der Waals surface area (Å²) in [4.78, 5) is 28.4. The smallest absolute Gasteiger partial charge is 0.226 e. The Balaban J connectivity index is 1.51. The highest BCUT2D eigenvalue weighted by Gasteiger charge is 2.14. The SMILES string of the molecule is CC(=O)N(CCC(=O)Nc1ccc(N2CCCC2)cc1)Cc1ccccc1C. The zero-order chi connectivity index (χ0) is 19.9. The number of aryl methyl sites for hydroxylation is 1. The van der Waals surface area contributed by atoms with Crippen LogP contribution in [0.25, 0.3) is 0 Å². The summed E-state index contributed by atoms with van der Waals surface area (Å²) < 4.78 is 0. The largest absolute Gasteiger partial charge is 0.372 e. The number of carbonyl (C=O) groups is 2. The highest BCUT2D eigenvalue weighted by Crippen LogP contribution is 2.22. The molecule has 1 heterocycles. The molecule has 1 aliphatic rings. The average molecular weight is 380 g/mol. The number of nitrogens with one attached hydrogen (secondary N) is 1. The molecule has 0 saturated carbocycles. The molecule has 1 saturated heterocycles. The van der Waals surface area contributed by atoms with Crippen molar-refractivity contribution in [2.45, 2.75) is 39.7 Å². The second-order valence-electron chi connectivity index (χ2n) is 7.41. The summed E-state index contributed by atoms with van der Waals surface area (Å²) in [6.45, 7) is 6.72. The fourth-order valence-electron chi connectivity index (χ4n) is 3.53. The van der Waals surface area contributed by atoms with E-state index in [9.17, 15) is 9.59 Å². The van der Waals surface area contributed by atoms with Crippen molar-refractivity contribution in [3.05, 3.63) is 59.7 Å². The van der Waals surface area contributed by atoms with E-state index in [0.29, 0.717) is 13.1 Å². The van der Waals surface area contributed by atoms with Gasteiger partial charge in [-0.3, -0.25) is 9.59 Å². The van der Waals surface area contributed by atoms with Crippen LogP contribution in [-0.4, -0.2) is 36.3 Å². The zero-order valence-corrected chi connectivity index (χ0v) is 16.8. The molecule has 0 aliphatic carbocycles. The molecule has 3 rings (SSSR count). The number of nitrogens with zero attached hydrogens (tertiary/aromatic N) is 2. The van der Waals surface area contributed by atoms with E-state index in [4.69, 9.17) is 0 Å². The lowest BCUT2D eigenvalue weighted by molar-refractivity contribution is -0.129. The lowest BCUT2D eigenvalue weighted by Gasteiger charge is -2.22. The first-order valence-corrected chi connectivity index (χ1v) is 9.98. The number of hydrogen-bond donors (Lipinski definition) is 1. The van der Waals surface area contributed by atoms with Crippen molar-refractivity contribution in [3.8, 4) is 0 Å². The molecule has 0 radical (unpaired) electrons. The van der Waals surface area contributed by atoms with E-state index in [1.165, 1.54) is 18.5 Å². The molecule has 28 heavy (non-hydrogen) atoms. The molecule has 148 valence electrons. The first-order chi connectivity index (χ1) is 13.5. The predicted octanol–water partition coefficient (Wildman–Crippen LogP) is 3.97. The summed E-state index contributed by atoms with van der Waals surface area (Å²) in [6, 6.07) is 16.0. The van der Waals surface area contributed by atoms with Crippen molar-refractivity contribution in [2.24, 2.45) is 0 Å². The van der Waals surface area contributed by atoms with Gasteiger partial charge in [-0.05, 0) is 55.2 Å². The van der Waals surface area contributed by atoms with E-state index < -0.39 is 0 Å². The number of hydrogen-bond acceptors (Lipinski definition) is 3. The van der Waals surface area contributed by atoms with Crippen molar-refractivity contribution in [2.75, 3.05) is 29.9 Å². The molecule has 5 heteroatoms. The van der Waals surface area contributed by atoms with E-state index in [1.54, 1.807) is 11.8 Å². The van der Waals surface area contributed by atoms with Gasteiger partial charge in [0.05, 0.1) is 0 Å². The second-order valence-corrected chi connectivity index (χ2v) is 7.41. The number of amides is 2. The molecular formula is C23H29N3O2. The quantitative estimate of drug-likeness (QED) is 0.792. The van der Waals surface area contributed by atoms with E-state index in [1.807, 2.05) is 43.3 Å². The molecule has 1 N–H and O–H groups in total. The minimum absolute atomic E-state index is 0.0222. The second kappa shape index (κ2) is 9.40. The van der Waals surface area contributed by atoms with Crippen LogP contribution in [0.1, 0.15) is 37.3 Å². The van der Waals surface area contributed by atoms with Gasteiger partial charge in [-0.1, -0.05) is 24.3 Å². The lowest BCUT2D eigenvalue weighted by Crippen LogP contribution is -2.31. The lowest BCUT2D eigenvalue weighted by atomic mass is 10.1. The van der Waals surface area contributed by atoms with Crippen LogP contribution in [0.4, 0.5) is 11.4 Å². The topological polar surface area (TPSA) is 52.7 Å². The van der Waals surface area contributed by atoms with Gasteiger partial charge in [-0.2, -0.15) is 0 Å². The number of benzene rings is 2. The van der Waals surface area contributed by atoms with Gasteiger partial charge in [0.1, 0.15) is 0 Å². The molecule has 1 aliphatic heterocycles. The van der Waals surface area contributed by atoms with Gasteiger partial charge in [0.15, 0.2) is 0 Å². The van der Waals surface area contributed by atoms with Crippen molar-refractivity contribution in [3.63, 3.8) is 0 Å². The fraction of sp³-hybridized carbons (Fsp3) is 0.391. The highest BCUT2D eigenvalue weighted by atomic mass is 16.2. The molecule has 2 aromatic rings. The van der Waals surface area contributed by atoms with Crippen molar-refractivity contribution < 1.29 is 9.59 Å². The van der Waals surface area contributed by atoms with Crippen LogP contribution in [0.3, 0.4) is 0 Å². The van der Waals surface area contributed by atoms with E-state index in [0.717, 1.165) is 29.9 Å². The van der Waals surface area contributed by atoms with Gasteiger partial charge in [-0.15, -0.1) is 0 Å². The van der Waals surface area contributed by atoms with Crippen LogP contribution >= 0.6 is 0 Å². The molecule has 0 aromatic heterocycles. The van der Waals surface area contributed by atoms with Crippen molar-refractivity contribution in [1.29, 1.82) is 0 Å². The molecule has 0 bridgehead atoms. The van der Waals surface area contributed by atoms with Crippen LogP contribution < -0.4 is 10.2 Å². The van der Waals surface area contributed by atoms with Gasteiger partial charge in [0.2, 0.25) is 11.8 Å². The summed E-state index contributed by atoms with van der Waals surface area (Å²) >= 11 is 0. The van der Waals surface area contributed by atoms with Crippen molar-refractivity contribution in [1.82, 2.24) is 4.90 Å². The molecule has 2 amide bonds. The van der Waals surface area contributed by atoms with E-state index in [2.05, 4.69) is 22.3 Å². The van der Waals surface area contributed by atoms with Gasteiger partial charge in [0, 0.05) is 50.9 Å². The molecule has 0 spiro atoms. The first-order valence-electron chi connectivity index (χ1n) is 9.98. The minimum atomic E-state index is -0.0787. The summed E-state index contributed by atoms with van der Waals surface area (Å²) in [5.41, 5.74) is 4.25. The van der Waals surface area contributed by atoms with E-state index >= 15 is 0 Å². The normalized spacial score (nSPS) is 13.4. The first kappa shape index (κ1) is 19.9. The summed E-state index contributed by atoms with van der Waals surface area (Å²) in [5.74, 6) is -0.101. The molecule has 1 fully saturated rings. The standard InChI is InChI=1S/C23H29N3O2/c1-18-7-3-4-8-20(18)17-26(19(2)27)16-13-23(28)24-21-9-11-22(12-10-21)25-14-5-6-15-25/h3-4,7-12H,5-6,13-17H2,1-2H3,(H,24,28). The molecular weight excluding hydrogens is 350 g/mol. The summed E-state index contributed by atoms with van der Waals surface area (Å²) in [5, 5.41) is 2.93. The number of rotatable bonds is 7. The van der Waals surface area contributed by atoms with Gasteiger partial charge in [-0.25, -0.2) is 0 Å². The Hall–Kier alpha value is -2.82. The zero-order valence-electron chi connectivity index (χ0n) is 16.8. The Kier molecular flexibility index (Phi) is 6.69. The maximum Gasteiger partial charge on any atom is 0.226 e. The monoisotopic (exact) mass is 379 g/mol. The van der Waals surface area contributed by atoms with Gasteiger partial charge in [0.25, 0.3) is 0 Å². The van der Waals surface area contributed by atoms with Crippen LogP contribution in [0, 0.1) is 6.92 Å². The van der Waals surface area contributed by atoms with Gasteiger partial charge < -0.3 is 15.1 Å². The summed E-state index contributed by atoms with van der Waals surface area (Å²) in [7, 11) is 0. The van der Waals surface area contributed by atoms with Gasteiger partial charge >= 0.3 is 0 Å². The third-order valence-corrected chi connectivity index (χ3v) is 5.30. The number of anilines is 2. The maximum absolute atomic E-state index is 12.3. The third kappa shape index (κ3) is 5.35. The average Bonchev–Trinajstić information content (AvgIpc) is 3.21. The highest BCUT2D eigenvalue weighted by molar-refractivity contribution is 5.91. The van der Waals surface area contributed by atoms with Crippen LogP contribution in [0.15, 0.2) is 48.5 Å². The summed E-state index contributed by atoms with van der Waals surface area (Å²) in [6.07, 6.45) is 2.76. The Labute approximate surface area is 167 Å². The minimum Gasteiger partial charge on any atom is -0.372 e. The Morgan fingerprint density at radius 1 is 1.04 bits per heavy atom. The van der Waals surface area contributed by atoms with Crippen molar-refractivity contribution >= 4 is 23.2 Å². The third-order valence-electron chi connectivity index (χ3n) is 5.30. The van der Waals surface area contributed by atoms with Crippen LogP contribution in [-0.2, 0) is 16.1 Å². The maximum atomic E-state index is 12.3. The predicted molar refractivity (Wildman–Crippen MR) is 113 cm³/mol. The Bertz CT molecular complexity index is 811. The Morgan fingerprint density at radius 3 is 2.36 bits per heavy atom.